The standard InChI is InChI=1S/C17H16N4O2S/c22-17(12-4-5-14-15(11-12)20-24-19-14)21-9-6-13(7-10-21)23-16-3-1-2-8-18-16/h1-5,8,11,13H,6-7,9-10H2. The third-order valence-electron chi connectivity index (χ3n) is 4.16. The molecule has 0 saturated carbocycles. The number of likely N-dealkylation sites (tertiary alicyclic amines) is 1. The lowest BCUT2D eigenvalue weighted by Gasteiger charge is -2.32. The first-order chi connectivity index (χ1) is 11.8. The largest absolute Gasteiger partial charge is 0.474 e. The fourth-order valence-electron chi connectivity index (χ4n) is 2.86. The van der Waals surface area contributed by atoms with Crippen LogP contribution in [0.1, 0.15) is 23.2 Å². The molecule has 0 radical (unpaired) electrons. The zero-order chi connectivity index (χ0) is 16.4. The van der Waals surface area contributed by atoms with Gasteiger partial charge in [-0.2, -0.15) is 8.75 Å². The third kappa shape index (κ3) is 3.07. The summed E-state index contributed by atoms with van der Waals surface area (Å²) in [6.45, 7) is 1.37. The second kappa shape index (κ2) is 6.52. The number of fused-ring (bicyclic) bond motifs is 1. The van der Waals surface area contributed by atoms with Gasteiger partial charge in [-0.25, -0.2) is 4.98 Å². The molecule has 4 rings (SSSR count). The third-order valence-corrected chi connectivity index (χ3v) is 4.71. The zero-order valence-electron chi connectivity index (χ0n) is 13.0. The Balaban J connectivity index is 1.39. The van der Waals surface area contributed by atoms with Crippen LogP contribution in [0.4, 0.5) is 0 Å². The van der Waals surface area contributed by atoms with Crippen molar-refractivity contribution >= 4 is 28.7 Å². The fourth-order valence-corrected chi connectivity index (χ4v) is 3.38. The molecule has 0 unspecified atom stereocenters. The summed E-state index contributed by atoms with van der Waals surface area (Å²) >= 11 is 1.16. The second-order valence-electron chi connectivity index (χ2n) is 5.75. The van der Waals surface area contributed by atoms with Crippen molar-refractivity contribution in [2.24, 2.45) is 0 Å². The van der Waals surface area contributed by atoms with Gasteiger partial charge in [-0.05, 0) is 24.3 Å². The van der Waals surface area contributed by atoms with Crippen LogP contribution in [0.25, 0.3) is 11.0 Å². The number of benzene rings is 1. The summed E-state index contributed by atoms with van der Waals surface area (Å²) in [6, 6.07) is 11.1. The van der Waals surface area contributed by atoms with E-state index >= 15 is 0 Å². The van der Waals surface area contributed by atoms with Gasteiger partial charge >= 0.3 is 0 Å². The van der Waals surface area contributed by atoms with Crippen molar-refractivity contribution in [3.63, 3.8) is 0 Å². The van der Waals surface area contributed by atoms with E-state index in [4.69, 9.17) is 4.74 Å². The minimum atomic E-state index is 0.0428. The van der Waals surface area contributed by atoms with Gasteiger partial charge in [0.15, 0.2) is 0 Å². The van der Waals surface area contributed by atoms with Crippen LogP contribution in [0, 0.1) is 0 Å². The highest BCUT2D eigenvalue weighted by molar-refractivity contribution is 7.00. The number of hydrogen-bond acceptors (Lipinski definition) is 6. The van der Waals surface area contributed by atoms with Gasteiger partial charge in [-0.15, -0.1) is 0 Å². The van der Waals surface area contributed by atoms with Gasteiger partial charge in [0.2, 0.25) is 5.88 Å². The van der Waals surface area contributed by atoms with Gasteiger partial charge in [-0.1, -0.05) is 6.07 Å². The van der Waals surface area contributed by atoms with E-state index in [1.165, 1.54) is 0 Å². The lowest BCUT2D eigenvalue weighted by Crippen LogP contribution is -2.41. The van der Waals surface area contributed by atoms with Crippen molar-refractivity contribution in [2.75, 3.05) is 13.1 Å². The summed E-state index contributed by atoms with van der Waals surface area (Å²) in [5.74, 6) is 0.685. The number of piperidine rings is 1. The van der Waals surface area contributed by atoms with E-state index in [1.807, 2.05) is 41.3 Å². The van der Waals surface area contributed by atoms with Gasteiger partial charge in [-0.3, -0.25) is 4.79 Å². The topological polar surface area (TPSA) is 68.2 Å². The molecular formula is C17H16N4O2S. The molecule has 0 aliphatic carbocycles. The van der Waals surface area contributed by atoms with E-state index in [1.54, 1.807) is 6.20 Å². The maximum absolute atomic E-state index is 12.7. The number of carbonyl (C=O) groups excluding carboxylic acids is 1. The predicted molar refractivity (Wildman–Crippen MR) is 91.2 cm³/mol. The summed E-state index contributed by atoms with van der Waals surface area (Å²) in [6.07, 6.45) is 3.44. The van der Waals surface area contributed by atoms with Crippen LogP contribution in [-0.2, 0) is 0 Å². The van der Waals surface area contributed by atoms with Crippen LogP contribution >= 0.6 is 11.7 Å². The Labute approximate surface area is 143 Å². The normalized spacial score (nSPS) is 15.6. The number of aromatic nitrogens is 3. The SMILES string of the molecule is O=C(c1ccc2nsnc2c1)N1CCC(Oc2ccccn2)CC1. The molecule has 1 aliphatic rings. The van der Waals surface area contributed by atoms with Gasteiger partial charge < -0.3 is 9.64 Å². The van der Waals surface area contributed by atoms with E-state index in [0.717, 1.165) is 35.6 Å². The van der Waals surface area contributed by atoms with E-state index in [0.29, 0.717) is 24.5 Å². The smallest absolute Gasteiger partial charge is 0.253 e. The Morgan fingerprint density at radius 2 is 1.96 bits per heavy atom. The maximum atomic E-state index is 12.7. The van der Waals surface area contributed by atoms with Gasteiger partial charge in [0.25, 0.3) is 5.91 Å². The Hall–Kier alpha value is -2.54. The fraction of sp³-hybridized carbons (Fsp3) is 0.294. The molecule has 6 nitrogen and oxygen atoms in total. The van der Waals surface area contributed by atoms with Crippen LogP contribution in [0.3, 0.4) is 0 Å². The molecule has 0 N–H and O–H groups in total. The number of nitrogens with zero attached hydrogens (tertiary/aromatic N) is 4. The molecule has 7 heteroatoms. The lowest BCUT2D eigenvalue weighted by molar-refractivity contribution is 0.0588. The van der Waals surface area contributed by atoms with E-state index in [9.17, 15) is 4.79 Å². The molecule has 0 bridgehead atoms. The van der Waals surface area contributed by atoms with Gasteiger partial charge in [0.1, 0.15) is 17.1 Å². The summed E-state index contributed by atoms with van der Waals surface area (Å²) < 4.78 is 14.2. The molecule has 1 aromatic carbocycles. The molecule has 3 aromatic rings. The van der Waals surface area contributed by atoms with Crippen LogP contribution in [0.2, 0.25) is 0 Å². The average molecular weight is 340 g/mol. The first-order valence-electron chi connectivity index (χ1n) is 7.89. The number of carbonyl (C=O) groups is 1. The van der Waals surface area contributed by atoms with Crippen LogP contribution in [0.5, 0.6) is 5.88 Å². The highest BCUT2D eigenvalue weighted by atomic mass is 32.1. The van der Waals surface area contributed by atoms with Crippen molar-refractivity contribution in [1.82, 2.24) is 18.6 Å². The molecule has 2 aromatic heterocycles. The highest BCUT2D eigenvalue weighted by Gasteiger charge is 2.25. The van der Waals surface area contributed by atoms with Crippen LogP contribution in [0.15, 0.2) is 42.6 Å². The average Bonchev–Trinajstić information content (AvgIpc) is 3.10. The maximum Gasteiger partial charge on any atom is 0.253 e. The number of hydrogen-bond donors (Lipinski definition) is 0. The monoisotopic (exact) mass is 340 g/mol. The Morgan fingerprint density at radius 1 is 1.12 bits per heavy atom. The molecule has 3 heterocycles. The van der Waals surface area contributed by atoms with Gasteiger partial charge in [0.05, 0.1) is 11.7 Å². The van der Waals surface area contributed by atoms with E-state index < -0.39 is 0 Å². The minimum Gasteiger partial charge on any atom is -0.474 e. The molecule has 0 spiro atoms. The van der Waals surface area contributed by atoms with Crippen molar-refractivity contribution in [3.8, 4) is 5.88 Å². The summed E-state index contributed by atoms with van der Waals surface area (Å²) in [5.41, 5.74) is 2.28. The molecule has 122 valence electrons. The Kier molecular flexibility index (Phi) is 4.08. The van der Waals surface area contributed by atoms with Crippen LogP contribution in [-0.4, -0.2) is 43.7 Å². The second-order valence-corrected chi connectivity index (χ2v) is 6.27. The predicted octanol–water partition coefficient (Wildman–Crippen LogP) is 2.77. The molecule has 1 aliphatic heterocycles. The molecular weight excluding hydrogens is 324 g/mol. The zero-order valence-corrected chi connectivity index (χ0v) is 13.8. The van der Waals surface area contributed by atoms with E-state index in [-0.39, 0.29) is 12.0 Å². The number of rotatable bonds is 3. The minimum absolute atomic E-state index is 0.0428. The van der Waals surface area contributed by atoms with Crippen molar-refractivity contribution in [3.05, 3.63) is 48.2 Å². The molecule has 1 amide bonds. The Morgan fingerprint density at radius 3 is 2.75 bits per heavy atom. The van der Waals surface area contributed by atoms with E-state index in [2.05, 4.69) is 13.7 Å². The van der Waals surface area contributed by atoms with Gasteiger partial charge in [0, 0.05) is 43.8 Å². The number of ether oxygens (including phenoxy) is 1. The number of amides is 1. The van der Waals surface area contributed by atoms with Crippen molar-refractivity contribution in [2.45, 2.75) is 18.9 Å². The number of pyridine rings is 1. The molecule has 24 heavy (non-hydrogen) atoms. The first kappa shape index (κ1) is 15.0. The summed E-state index contributed by atoms with van der Waals surface area (Å²) in [7, 11) is 0. The summed E-state index contributed by atoms with van der Waals surface area (Å²) in [5, 5.41) is 0. The Bertz CT molecular complexity index is 844. The molecule has 1 fully saturated rings. The summed E-state index contributed by atoms with van der Waals surface area (Å²) in [4.78, 5) is 18.7. The van der Waals surface area contributed by atoms with Crippen LogP contribution < -0.4 is 4.74 Å². The lowest BCUT2D eigenvalue weighted by atomic mass is 10.1. The molecule has 0 atom stereocenters. The first-order valence-corrected chi connectivity index (χ1v) is 8.62. The quantitative estimate of drug-likeness (QED) is 0.733. The molecule has 1 saturated heterocycles. The van der Waals surface area contributed by atoms with Crippen molar-refractivity contribution in [1.29, 1.82) is 0 Å². The highest BCUT2D eigenvalue weighted by Crippen LogP contribution is 2.20. The van der Waals surface area contributed by atoms with Crippen molar-refractivity contribution < 1.29 is 9.53 Å².